The molecule has 190 valence electrons. The Morgan fingerprint density at radius 1 is 1.06 bits per heavy atom. The highest BCUT2D eigenvalue weighted by Crippen LogP contribution is 2.38. The lowest BCUT2D eigenvalue weighted by Crippen LogP contribution is -2.53. The SMILES string of the molecule is Cc1c(-c2[nH]c3ccc(N4CCN(C(=O)[C@@H](C)N(C)C)CC4)nc3c2C(C)C)cn2ncnc2c1C. The number of H-pyrrole nitrogens is 1. The highest BCUT2D eigenvalue weighted by molar-refractivity contribution is 5.90. The molecule has 1 N–H and O–H groups in total. The summed E-state index contributed by atoms with van der Waals surface area (Å²) in [5.41, 5.74) is 8.67. The van der Waals surface area contributed by atoms with E-state index in [2.05, 4.69) is 66.0 Å². The number of amides is 1. The quantitative estimate of drug-likeness (QED) is 0.462. The first-order valence-electron chi connectivity index (χ1n) is 12.7. The fraction of sp³-hybridized carbons (Fsp3) is 0.481. The molecule has 0 aliphatic carbocycles. The zero-order valence-corrected chi connectivity index (χ0v) is 22.3. The molecule has 1 aliphatic rings. The Morgan fingerprint density at radius 3 is 2.44 bits per heavy atom. The third kappa shape index (κ3) is 4.01. The van der Waals surface area contributed by atoms with Crippen LogP contribution in [0.5, 0.6) is 0 Å². The number of carbonyl (C=O) groups is 1. The fourth-order valence-corrected chi connectivity index (χ4v) is 5.12. The van der Waals surface area contributed by atoms with E-state index in [4.69, 9.17) is 4.98 Å². The highest BCUT2D eigenvalue weighted by Gasteiger charge is 2.27. The third-order valence-corrected chi connectivity index (χ3v) is 7.69. The number of piperazine rings is 1. The second-order valence-electron chi connectivity index (χ2n) is 10.4. The molecule has 9 heteroatoms. The predicted octanol–water partition coefficient (Wildman–Crippen LogP) is 3.61. The summed E-state index contributed by atoms with van der Waals surface area (Å²) >= 11 is 0. The third-order valence-electron chi connectivity index (χ3n) is 7.69. The Bertz CT molecular complexity index is 1420. The Labute approximate surface area is 212 Å². The van der Waals surface area contributed by atoms with Crippen molar-refractivity contribution in [3.05, 3.63) is 41.3 Å². The van der Waals surface area contributed by atoms with Crippen LogP contribution in [-0.2, 0) is 4.79 Å². The monoisotopic (exact) mass is 488 g/mol. The summed E-state index contributed by atoms with van der Waals surface area (Å²) in [7, 11) is 3.89. The van der Waals surface area contributed by atoms with Gasteiger partial charge in [0, 0.05) is 43.5 Å². The molecule has 9 nitrogen and oxygen atoms in total. The maximum absolute atomic E-state index is 12.8. The van der Waals surface area contributed by atoms with Crippen molar-refractivity contribution in [1.82, 2.24) is 34.4 Å². The maximum atomic E-state index is 12.8. The number of aromatic nitrogens is 5. The predicted molar refractivity (Wildman–Crippen MR) is 144 cm³/mol. The number of nitrogens with one attached hydrogen (secondary N) is 1. The van der Waals surface area contributed by atoms with E-state index in [0.29, 0.717) is 13.1 Å². The molecule has 1 saturated heterocycles. The van der Waals surface area contributed by atoms with Gasteiger partial charge in [0.25, 0.3) is 0 Å². The normalized spacial score (nSPS) is 15.6. The summed E-state index contributed by atoms with van der Waals surface area (Å²) in [6.07, 6.45) is 3.66. The summed E-state index contributed by atoms with van der Waals surface area (Å²) in [6, 6.07) is 4.11. The average Bonchev–Trinajstić information content (AvgIpc) is 3.49. The van der Waals surface area contributed by atoms with E-state index in [-0.39, 0.29) is 17.9 Å². The standard InChI is InChI=1S/C27H36N8O/c1-16(2)23-24(20-14-35-26(28-15-29-35)18(4)17(20)3)30-21-8-9-22(31-25(21)23)33-10-12-34(13-11-33)27(36)19(5)32(6)7/h8-9,14-16,19,30H,10-13H2,1-7H3/t19-/m1/s1. The largest absolute Gasteiger partial charge is 0.353 e. The molecule has 5 rings (SSSR count). The average molecular weight is 489 g/mol. The molecule has 1 amide bonds. The van der Waals surface area contributed by atoms with E-state index < -0.39 is 0 Å². The molecular formula is C27H36N8O. The van der Waals surface area contributed by atoms with E-state index in [1.54, 1.807) is 6.33 Å². The number of pyridine rings is 2. The number of anilines is 1. The molecule has 0 unspecified atom stereocenters. The summed E-state index contributed by atoms with van der Waals surface area (Å²) in [6.45, 7) is 13.6. The smallest absolute Gasteiger partial charge is 0.239 e. The number of aromatic amines is 1. The van der Waals surface area contributed by atoms with Gasteiger partial charge < -0.3 is 14.8 Å². The second kappa shape index (κ2) is 9.20. The zero-order chi connectivity index (χ0) is 25.7. The van der Waals surface area contributed by atoms with Crippen molar-refractivity contribution in [3.63, 3.8) is 0 Å². The Hall–Kier alpha value is -3.46. The molecule has 1 atom stereocenters. The number of aryl methyl sites for hydroxylation is 1. The summed E-state index contributed by atoms with van der Waals surface area (Å²) in [5.74, 6) is 1.43. The van der Waals surface area contributed by atoms with Crippen LogP contribution in [0.3, 0.4) is 0 Å². The van der Waals surface area contributed by atoms with E-state index in [1.807, 2.05) is 35.3 Å². The molecule has 0 aromatic carbocycles. The van der Waals surface area contributed by atoms with Gasteiger partial charge in [-0.15, -0.1) is 0 Å². The minimum absolute atomic E-state index is 0.110. The first kappa shape index (κ1) is 24.2. The summed E-state index contributed by atoms with van der Waals surface area (Å²) in [5, 5.41) is 4.39. The highest BCUT2D eigenvalue weighted by atomic mass is 16.2. The van der Waals surface area contributed by atoms with Gasteiger partial charge in [0.1, 0.15) is 12.1 Å². The molecule has 1 aliphatic heterocycles. The lowest BCUT2D eigenvalue weighted by molar-refractivity contribution is -0.135. The Morgan fingerprint density at radius 2 is 1.78 bits per heavy atom. The lowest BCUT2D eigenvalue weighted by atomic mass is 9.95. The van der Waals surface area contributed by atoms with Crippen LogP contribution < -0.4 is 4.90 Å². The Kier molecular flexibility index (Phi) is 6.20. The van der Waals surface area contributed by atoms with Crippen LogP contribution in [0.4, 0.5) is 5.82 Å². The number of fused-ring (bicyclic) bond motifs is 2. The fourth-order valence-electron chi connectivity index (χ4n) is 5.12. The van der Waals surface area contributed by atoms with Gasteiger partial charge in [0.2, 0.25) is 5.91 Å². The van der Waals surface area contributed by atoms with Crippen LogP contribution in [0.1, 0.15) is 43.4 Å². The van der Waals surface area contributed by atoms with Gasteiger partial charge in [-0.1, -0.05) is 13.8 Å². The van der Waals surface area contributed by atoms with Gasteiger partial charge in [-0.05, 0) is 64.0 Å². The molecule has 4 aromatic heterocycles. The van der Waals surface area contributed by atoms with Gasteiger partial charge in [0.15, 0.2) is 5.65 Å². The van der Waals surface area contributed by atoms with Crippen LogP contribution in [-0.4, -0.2) is 86.6 Å². The van der Waals surface area contributed by atoms with Gasteiger partial charge in [-0.3, -0.25) is 9.69 Å². The molecule has 4 aromatic rings. The topological polar surface area (TPSA) is 85.7 Å². The number of carbonyl (C=O) groups excluding carboxylic acids is 1. The molecular weight excluding hydrogens is 452 g/mol. The van der Waals surface area contributed by atoms with Crippen LogP contribution in [0.15, 0.2) is 24.7 Å². The van der Waals surface area contributed by atoms with E-state index in [9.17, 15) is 4.79 Å². The molecule has 0 bridgehead atoms. The minimum Gasteiger partial charge on any atom is -0.353 e. The lowest BCUT2D eigenvalue weighted by Gasteiger charge is -2.37. The van der Waals surface area contributed by atoms with Crippen molar-refractivity contribution >= 4 is 28.4 Å². The first-order valence-corrected chi connectivity index (χ1v) is 12.7. The first-order chi connectivity index (χ1) is 17.2. The van der Waals surface area contributed by atoms with Crippen molar-refractivity contribution < 1.29 is 4.79 Å². The summed E-state index contributed by atoms with van der Waals surface area (Å²) in [4.78, 5) is 32.2. The van der Waals surface area contributed by atoms with Crippen LogP contribution in [0.2, 0.25) is 0 Å². The maximum Gasteiger partial charge on any atom is 0.239 e. The molecule has 5 heterocycles. The molecule has 1 fully saturated rings. The molecule has 0 radical (unpaired) electrons. The zero-order valence-electron chi connectivity index (χ0n) is 22.3. The van der Waals surface area contributed by atoms with Crippen molar-refractivity contribution in [2.75, 3.05) is 45.2 Å². The molecule has 0 saturated carbocycles. The number of hydrogen-bond donors (Lipinski definition) is 1. The van der Waals surface area contributed by atoms with Gasteiger partial charge in [-0.25, -0.2) is 14.5 Å². The van der Waals surface area contributed by atoms with Crippen LogP contribution in [0, 0.1) is 13.8 Å². The van der Waals surface area contributed by atoms with Crippen LogP contribution in [0.25, 0.3) is 27.9 Å². The van der Waals surface area contributed by atoms with Crippen molar-refractivity contribution in [2.24, 2.45) is 0 Å². The number of hydrogen-bond acceptors (Lipinski definition) is 6. The minimum atomic E-state index is -0.110. The van der Waals surface area contributed by atoms with Gasteiger partial charge in [-0.2, -0.15) is 5.10 Å². The van der Waals surface area contributed by atoms with E-state index in [0.717, 1.165) is 52.4 Å². The second-order valence-corrected chi connectivity index (χ2v) is 10.4. The van der Waals surface area contributed by atoms with E-state index in [1.165, 1.54) is 11.1 Å². The van der Waals surface area contributed by atoms with Gasteiger partial charge in [0.05, 0.1) is 22.8 Å². The van der Waals surface area contributed by atoms with Crippen molar-refractivity contribution in [1.29, 1.82) is 0 Å². The van der Waals surface area contributed by atoms with Crippen molar-refractivity contribution in [2.45, 2.75) is 46.6 Å². The number of likely N-dealkylation sites (N-methyl/N-ethyl adjacent to an activating group) is 1. The van der Waals surface area contributed by atoms with E-state index >= 15 is 0 Å². The Balaban J connectivity index is 1.48. The van der Waals surface area contributed by atoms with Crippen molar-refractivity contribution in [3.8, 4) is 11.3 Å². The molecule has 36 heavy (non-hydrogen) atoms. The number of rotatable bonds is 5. The van der Waals surface area contributed by atoms with Crippen LogP contribution >= 0.6 is 0 Å². The van der Waals surface area contributed by atoms with Gasteiger partial charge >= 0.3 is 0 Å². The summed E-state index contributed by atoms with van der Waals surface area (Å²) < 4.78 is 1.85. The molecule has 0 spiro atoms. The number of nitrogens with zero attached hydrogens (tertiary/aromatic N) is 7.